The van der Waals surface area contributed by atoms with Crippen LogP contribution in [-0.4, -0.2) is 16.0 Å². The summed E-state index contributed by atoms with van der Waals surface area (Å²) < 4.78 is 43.0. The lowest BCUT2D eigenvalue weighted by molar-refractivity contribution is -0.137. The average molecular weight is 337 g/mol. The van der Waals surface area contributed by atoms with Gasteiger partial charge in [0.15, 0.2) is 5.58 Å². The van der Waals surface area contributed by atoms with Gasteiger partial charge in [-0.3, -0.25) is 9.59 Å². The predicted molar refractivity (Wildman–Crippen MR) is 78.4 cm³/mol. The molecule has 3 rings (SSSR count). The molecule has 9 heteroatoms. The van der Waals surface area contributed by atoms with Crippen LogP contribution in [0, 0.1) is 0 Å². The molecule has 0 aliphatic rings. The molecule has 2 heterocycles. The SMILES string of the molecule is O=C(Cc1noc2ccccc12)Nc1cc(C(F)(F)F)c[nH]c1=O. The number of halogens is 3. The van der Waals surface area contributed by atoms with Gasteiger partial charge in [0.2, 0.25) is 5.91 Å². The van der Waals surface area contributed by atoms with Crippen LogP contribution in [-0.2, 0) is 17.4 Å². The van der Waals surface area contributed by atoms with Gasteiger partial charge in [-0.15, -0.1) is 0 Å². The van der Waals surface area contributed by atoms with E-state index in [1.54, 1.807) is 24.3 Å². The number of aromatic nitrogens is 2. The molecular weight excluding hydrogens is 327 g/mol. The molecule has 0 fully saturated rings. The Morgan fingerprint density at radius 3 is 2.79 bits per heavy atom. The Morgan fingerprint density at radius 2 is 2.04 bits per heavy atom. The van der Waals surface area contributed by atoms with Gasteiger partial charge in [-0.05, 0) is 18.2 Å². The normalized spacial score (nSPS) is 11.6. The third kappa shape index (κ3) is 3.14. The maximum absolute atomic E-state index is 12.7. The minimum Gasteiger partial charge on any atom is -0.356 e. The highest BCUT2D eigenvalue weighted by atomic mass is 19.4. The Kier molecular flexibility index (Phi) is 3.84. The lowest BCUT2D eigenvalue weighted by atomic mass is 10.1. The first kappa shape index (κ1) is 15.8. The quantitative estimate of drug-likeness (QED) is 0.769. The molecule has 1 aromatic carbocycles. The molecule has 0 unspecified atom stereocenters. The molecule has 0 aliphatic heterocycles. The molecule has 0 aliphatic carbocycles. The summed E-state index contributed by atoms with van der Waals surface area (Å²) in [5, 5.41) is 6.53. The van der Waals surface area contributed by atoms with E-state index in [1.807, 2.05) is 4.98 Å². The molecule has 2 aromatic heterocycles. The predicted octanol–water partition coefficient (Wildman–Crippen LogP) is 2.72. The number of nitrogens with one attached hydrogen (secondary N) is 2. The third-order valence-corrected chi connectivity index (χ3v) is 3.28. The van der Waals surface area contributed by atoms with Crippen molar-refractivity contribution >= 4 is 22.6 Å². The number of aromatic amines is 1. The zero-order valence-corrected chi connectivity index (χ0v) is 12.0. The smallest absolute Gasteiger partial charge is 0.356 e. The van der Waals surface area contributed by atoms with E-state index in [0.29, 0.717) is 28.9 Å². The van der Waals surface area contributed by atoms with Crippen LogP contribution in [0.1, 0.15) is 11.3 Å². The van der Waals surface area contributed by atoms with Crippen molar-refractivity contribution in [3.05, 3.63) is 58.1 Å². The fraction of sp³-hybridized carbons (Fsp3) is 0.133. The number of H-pyrrole nitrogens is 1. The number of benzene rings is 1. The number of pyridine rings is 1. The average Bonchev–Trinajstić information content (AvgIpc) is 2.91. The second-order valence-corrected chi connectivity index (χ2v) is 4.98. The van der Waals surface area contributed by atoms with Gasteiger partial charge in [-0.2, -0.15) is 13.2 Å². The molecule has 0 atom stereocenters. The number of hydrogen-bond acceptors (Lipinski definition) is 4. The first-order valence-corrected chi connectivity index (χ1v) is 6.77. The summed E-state index contributed by atoms with van der Waals surface area (Å²) >= 11 is 0. The Hall–Kier alpha value is -3.10. The van der Waals surface area contributed by atoms with Gasteiger partial charge in [0, 0.05) is 11.6 Å². The van der Waals surface area contributed by atoms with Gasteiger partial charge in [-0.1, -0.05) is 17.3 Å². The van der Waals surface area contributed by atoms with Gasteiger partial charge < -0.3 is 14.8 Å². The van der Waals surface area contributed by atoms with Crippen molar-refractivity contribution < 1.29 is 22.5 Å². The van der Waals surface area contributed by atoms with Gasteiger partial charge in [0.05, 0.1) is 12.0 Å². The highest BCUT2D eigenvalue weighted by Gasteiger charge is 2.31. The molecule has 0 radical (unpaired) electrons. The molecule has 2 N–H and O–H groups in total. The molecule has 0 bridgehead atoms. The largest absolute Gasteiger partial charge is 0.417 e. The summed E-state index contributed by atoms with van der Waals surface area (Å²) in [4.78, 5) is 25.5. The monoisotopic (exact) mass is 337 g/mol. The topological polar surface area (TPSA) is 88.0 Å². The number of alkyl halides is 3. The number of nitrogens with zero attached hydrogens (tertiary/aromatic N) is 1. The van der Waals surface area contributed by atoms with Crippen molar-refractivity contribution in [2.75, 3.05) is 5.32 Å². The van der Waals surface area contributed by atoms with Crippen molar-refractivity contribution in [1.82, 2.24) is 10.1 Å². The van der Waals surface area contributed by atoms with Crippen LogP contribution in [0.4, 0.5) is 18.9 Å². The molecule has 1 amide bonds. The number of carbonyl (C=O) groups excluding carboxylic acids is 1. The molecule has 6 nitrogen and oxygen atoms in total. The first-order valence-electron chi connectivity index (χ1n) is 6.77. The molecule has 124 valence electrons. The van der Waals surface area contributed by atoms with Crippen molar-refractivity contribution in [3.8, 4) is 0 Å². The van der Waals surface area contributed by atoms with Crippen molar-refractivity contribution in [1.29, 1.82) is 0 Å². The molecule has 0 saturated heterocycles. The van der Waals surface area contributed by atoms with Crippen LogP contribution in [0.2, 0.25) is 0 Å². The van der Waals surface area contributed by atoms with E-state index in [1.165, 1.54) is 0 Å². The number of hydrogen-bond donors (Lipinski definition) is 2. The van der Waals surface area contributed by atoms with Crippen LogP contribution in [0.15, 0.2) is 45.8 Å². The van der Waals surface area contributed by atoms with Crippen molar-refractivity contribution in [3.63, 3.8) is 0 Å². The molecule has 24 heavy (non-hydrogen) atoms. The van der Waals surface area contributed by atoms with E-state index in [4.69, 9.17) is 4.52 Å². The second-order valence-electron chi connectivity index (χ2n) is 4.98. The number of anilines is 1. The highest BCUT2D eigenvalue weighted by molar-refractivity contribution is 5.94. The molecular formula is C15H10F3N3O3. The first-order chi connectivity index (χ1) is 11.3. The maximum Gasteiger partial charge on any atom is 0.417 e. The fourth-order valence-corrected chi connectivity index (χ4v) is 2.15. The fourth-order valence-electron chi connectivity index (χ4n) is 2.15. The maximum atomic E-state index is 12.7. The van der Waals surface area contributed by atoms with E-state index >= 15 is 0 Å². The summed E-state index contributed by atoms with van der Waals surface area (Å²) in [5.74, 6) is -0.682. The number of fused-ring (bicyclic) bond motifs is 1. The van der Waals surface area contributed by atoms with E-state index < -0.39 is 28.9 Å². The van der Waals surface area contributed by atoms with Crippen LogP contribution in [0.3, 0.4) is 0 Å². The molecule has 3 aromatic rings. The van der Waals surface area contributed by atoms with Crippen LogP contribution in [0.25, 0.3) is 11.0 Å². The Morgan fingerprint density at radius 1 is 1.29 bits per heavy atom. The van der Waals surface area contributed by atoms with E-state index in [-0.39, 0.29) is 6.42 Å². The Bertz CT molecular complexity index is 959. The third-order valence-electron chi connectivity index (χ3n) is 3.28. The van der Waals surface area contributed by atoms with Gasteiger partial charge in [0.25, 0.3) is 5.56 Å². The molecule has 0 spiro atoms. The second kappa shape index (κ2) is 5.84. The summed E-state index contributed by atoms with van der Waals surface area (Å²) in [6.45, 7) is 0. The zero-order valence-electron chi connectivity index (χ0n) is 12.0. The number of amides is 1. The minimum atomic E-state index is -4.63. The summed E-state index contributed by atoms with van der Waals surface area (Å²) in [6.07, 6.45) is -4.33. The summed E-state index contributed by atoms with van der Waals surface area (Å²) in [5.41, 5.74) is -1.57. The summed E-state index contributed by atoms with van der Waals surface area (Å²) in [7, 11) is 0. The lowest BCUT2D eigenvalue weighted by Gasteiger charge is -2.08. The number of para-hydroxylation sites is 1. The molecule has 0 saturated carbocycles. The number of rotatable bonds is 3. The lowest BCUT2D eigenvalue weighted by Crippen LogP contribution is -2.22. The minimum absolute atomic E-state index is 0.243. The Labute approximate surface area is 132 Å². The van der Waals surface area contributed by atoms with E-state index in [0.717, 1.165) is 0 Å². The van der Waals surface area contributed by atoms with Crippen LogP contribution >= 0.6 is 0 Å². The zero-order chi connectivity index (χ0) is 17.3. The van der Waals surface area contributed by atoms with Gasteiger partial charge >= 0.3 is 6.18 Å². The van der Waals surface area contributed by atoms with Crippen molar-refractivity contribution in [2.24, 2.45) is 0 Å². The van der Waals surface area contributed by atoms with Gasteiger partial charge in [0.1, 0.15) is 11.4 Å². The highest BCUT2D eigenvalue weighted by Crippen LogP contribution is 2.29. The van der Waals surface area contributed by atoms with Crippen LogP contribution < -0.4 is 10.9 Å². The van der Waals surface area contributed by atoms with Crippen LogP contribution in [0.5, 0.6) is 0 Å². The van der Waals surface area contributed by atoms with E-state index in [9.17, 15) is 22.8 Å². The Balaban J connectivity index is 1.81. The van der Waals surface area contributed by atoms with Gasteiger partial charge in [-0.25, -0.2) is 0 Å². The summed E-state index contributed by atoms with van der Waals surface area (Å²) in [6, 6.07) is 7.42. The number of carbonyl (C=O) groups is 1. The van der Waals surface area contributed by atoms with Crippen molar-refractivity contribution in [2.45, 2.75) is 12.6 Å². The standard InChI is InChI=1S/C15H10F3N3O3/c16-15(17,18)8-5-11(14(23)19-7-8)20-13(22)6-10-9-3-1-2-4-12(9)24-21-10/h1-5,7H,6H2,(H,19,23)(H,20,22). The van der Waals surface area contributed by atoms with E-state index in [2.05, 4.69) is 10.5 Å².